The summed E-state index contributed by atoms with van der Waals surface area (Å²) < 4.78 is 23.2. The number of allylic oxidation sites excluding steroid dienone is 1. The molecule has 0 N–H and O–H groups in total. The number of hydrogen-bond acceptors (Lipinski definition) is 5. The molecule has 6 heteroatoms. The summed E-state index contributed by atoms with van der Waals surface area (Å²) in [5, 5.41) is 0.118. The van der Waals surface area contributed by atoms with Crippen LogP contribution in [0.5, 0.6) is 5.75 Å². The number of rotatable bonds is 13. The number of carbonyl (C=O) groups excluding carboxylic acids is 1. The average molecular weight is 493 g/mol. The summed E-state index contributed by atoms with van der Waals surface area (Å²) in [5.41, 5.74) is 2.30. The van der Waals surface area contributed by atoms with Gasteiger partial charge in [0.15, 0.2) is 8.32 Å². The molecule has 0 heterocycles. The van der Waals surface area contributed by atoms with Crippen molar-refractivity contribution < 1.29 is 23.4 Å². The van der Waals surface area contributed by atoms with Crippen molar-refractivity contribution in [3.05, 3.63) is 41.5 Å². The van der Waals surface area contributed by atoms with Gasteiger partial charge >= 0.3 is 5.97 Å². The lowest BCUT2D eigenvalue weighted by Gasteiger charge is -2.42. The highest BCUT2D eigenvalue weighted by atomic mass is 28.4. The van der Waals surface area contributed by atoms with Crippen molar-refractivity contribution in [2.45, 2.75) is 85.7 Å². The highest BCUT2D eigenvalue weighted by molar-refractivity contribution is 6.74. The van der Waals surface area contributed by atoms with Crippen LogP contribution in [0.4, 0.5) is 0 Å². The molecule has 0 aliphatic rings. The van der Waals surface area contributed by atoms with Gasteiger partial charge in [-0.3, -0.25) is 4.79 Å². The summed E-state index contributed by atoms with van der Waals surface area (Å²) in [7, 11) is 1.12. The molecule has 194 valence electrons. The lowest BCUT2D eigenvalue weighted by atomic mass is 9.90. The van der Waals surface area contributed by atoms with E-state index in [9.17, 15) is 4.79 Å². The van der Waals surface area contributed by atoms with E-state index in [-0.39, 0.29) is 34.9 Å². The fourth-order valence-electron chi connectivity index (χ4n) is 3.82. The molecule has 1 aromatic carbocycles. The summed E-state index contributed by atoms with van der Waals surface area (Å²) in [4.78, 5) is 11.9. The van der Waals surface area contributed by atoms with Crippen molar-refractivity contribution in [1.82, 2.24) is 0 Å². The molecule has 0 saturated heterocycles. The van der Waals surface area contributed by atoms with Crippen molar-refractivity contribution in [2.24, 2.45) is 17.8 Å². The molecule has 0 aromatic heterocycles. The minimum Gasteiger partial charge on any atom is -0.497 e. The lowest BCUT2D eigenvalue weighted by Crippen LogP contribution is -2.47. The van der Waals surface area contributed by atoms with Gasteiger partial charge in [-0.15, -0.1) is 0 Å². The van der Waals surface area contributed by atoms with Gasteiger partial charge in [-0.25, -0.2) is 0 Å². The quantitative estimate of drug-likeness (QED) is 0.168. The smallest absolute Gasteiger partial charge is 0.308 e. The zero-order valence-electron chi connectivity index (χ0n) is 23.4. The van der Waals surface area contributed by atoms with E-state index >= 15 is 0 Å². The first-order valence-corrected chi connectivity index (χ1v) is 15.3. The Morgan fingerprint density at radius 3 is 2.15 bits per heavy atom. The average Bonchev–Trinajstić information content (AvgIpc) is 2.76. The van der Waals surface area contributed by atoms with Gasteiger partial charge in [0.1, 0.15) is 5.75 Å². The fraction of sp³-hybridized carbons (Fsp3) is 0.679. The van der Waals surface area contributed by atoms with E-state index in [0.717, 1.165) is 11.3 Å². The summed E-state index contributed by atoms with van der Waals surface area (Å²) in [6.07, 6.45) is 2.98. The van der Waals surface area contributed by atoms with Crippen molar-refractivity contribution in [3.8, 4) is 5.75 Å². The third-order valence-electron chi connectivity index (χ3n) is 6.90. The molecule has 1 rings (SSSR count). The second-order valence-electron chi connectivity index (χ2n) is 11.2. The van der Waals surface area contributed by atoms with Crippen molar-refractivity contribution in [2.75, 3.05) is 20.8 Å². The largest absolute Gasteiger partial charge is 0.497 e. The topological polar surface area (TPSA) is 54.0 Å². The number of ether oxygens (including phenoxy) is 3. The zero-order valence-corrected chi connectivity index (χ0v) is 24.4. The van der Waals surface area contributed by atoms with E-state index < -0.39 is 8.32 Å². The summed E-state index contributed by atoms with van der Waals surface area (Å²) in [5.74, 6) is 0.925. The maximum Gasteiger partial charge on any atom is 0.308 e. The highest BCUT2D eigenvalue weighted by Crippen LogP contribution is 2.39. The number of hydrogen-bond donors (Lipinski definition) is 0. The SMILES string of the molecule is COC(=O)[C@@H](C)C/C(C)=C\[C@H](C)[C@@H](O[Si](C)(C)C(C)(C)C)[C@@H](C)COCc1ccc(OC)cc1. The molecular formula is C28H48O5Si. The Bertz CT molecular complexity index is 779. The Kier molecular flexibility index (Phi) is 12.0. The lowest BCUT2D eigenvalue weighted by molar-refractivity contribution is -0.144. The van der Waals surface area contributed by atoms with Gasteiger partial charge in [-0.1, -0.05) is 65.3 Å². The van der Waals surface area contributed by atoms with Crippen molar-refractivity contribution in [3.63, 3.8) is 0 Å². The van der Waals surface area contributed by atoms with E-state index in [1.54, 1.807) is 7.11 Å². The first-order valence-electron chi connectivity index (χ1n) is 12.4. The molecule has 0 radical (unpaired) electrons. The van der Waals surface area contributed by atoms with E-state index in [2.05, 4.69) is 60.7 Å². The van der Waals surface area contributed by atoms with Crippen LogP contribution in [-0.2, 0) is 25.3 Å². The molecule has 34 heavy (non-hydrogen) atoms. The second kappa shape index (κ2) is 13.5. The maximum absolute atomic E-state index is 11.9. The predicted octanol–water partition coefficient (Wildman–Crippen LogP) is 7.02. The summed E-state index contributed by atoms with van der Waals surface area (Å²) in [6, 6.07) is 7.97. The Labute approximate surface area is 209 Å². The Hall–Kier alpha value is -1.63. The molecular weight excluding hydrogens is 444 g/mol. The number of carbonyl (C=O) groups is 1. The molecule has 0 amide bonds. The second-order valence-corrected chi connectivity index (χ2v) is 15.9. The molecule has 0 saturated carbocycles. The van der Waals surface area contributed by atoms with Crippen LogP contribution in [0.3, 0.4) is 0 Å². The van der Waals surface area contributed by atoms with E-state index in [1.807, 2.05) is 31.2 Å². The van der Waals surface area contributed by atoms with Gasteiger partial charge in [0.25, 0.3) is 0 Å². The van der Waals surface area contributed by atoms with Crippen LogP contribution in [0.25, 0.3) is 0 Å². The van der Waals surface area contributed by atoms with Gasteiger partial charge in [-0.05, 0) is 55.1 Å². The standard InChI is InChI=1S/C28H48O5Si/c1-20(17-22(3)27(29)31-9)16-21(2)26(33-34(10,11)28(5,6)7)23(4)18-32-19-24-12-14-25(30-8)15-13-24/h12-16,21-23,26H,17-19H2,1-11H3/b20-16-/t21-,22-,23-,26+/m0/s1. The van der Waals surface area contributed by atoms with Gasteiger partial charge in [0.2, 0.25) is 0 Å². The molecule has 4 atom stereocenters. The van der Waals surface area contributed by atoms with Gasteiger partial charge < -0.3 is 18.6 Å². The molecule has 0 bridgehead atoms. The summed E-state index contributed by atoms with van der Waals surface area (Å²) in [6.45, 7) is 21.0. The van der Waals surface area contributed by atoms with E-state index in [1.165, 1.54) is 12.7 Å². The number of methoxy groups -OCH3 is 2. The molecule has 5 nitrogen and oxygen atoms in total. The molecule has 0 aliphatic heterocycles. The maximum atomic E-state index is 11.9. The van der Waals surface area contributed by atoms with Crippen molar-refractivity contribution in [1.29, 1.82) is 0 Å². The molecule has 0 spiro atoms. The zero-order chi connectivity index (χ0) is 26.1. The predicted molar refractivity (Wildman–Crippen MR) is 143 cm³/mol. The van der Waals surface area contributed by atoms with Crippen molar-refractivity contribution >= 4 is 14.3 Å². The van der Waals surface area contributed by atoms with E-state index in [4.69, 9.17) is 18.6 Å². The first kappa shape index (κ1) is 30.4. The Morgan fingerprint density at radius 1 is 1.06 bits per heavy atom. The fourth-order valence-corrected chi connectivity index (χ4v) is 5.30. The van der Waals surface area contributed by atoms with Gasteiger partial charge in [0.05, 0.1) is 39.5 Å². The first-order chi connectivity index (χ1) is 15.7. The normalized spacial score (nSPS) is 16.5. The van der Waals surface area contributed by atoms with E-state index in [0.29, 0.717) is 19.6 Å². The van der Waals surface area contributed by atoms with Crippen LogP contribution in [0.2, 0.25) is 18.1 Å². The minimum atomic E-state index is -1.99. The van der Waals surface area contributed by atoms with Crippen LogP contribution < -0.4 is 4.74 Å². The summed E-state index contributed by atoms with van der Waals surface area (Å²) >= 11 is 0. The Balaban J connectivity index is 2.94. The van der Waals surface area contributed by atoms with Crippen LogP contribution in [0.15, 0.2) is 35.9 Å². The van der Waals surface area contributed by atoms with Gasteiger partial charge in [-0.2, -0.15) is 0 Å². The third kappa shape index (κ3) is 9.55. The molecule has 0 unspecified atom stereocenters. The van der Waals surface area contributed by atoms with Gasteiger partial charge in [0, 0.05) is 5.92 Å². The number of esters is 1. The third-order valence-corrected chi connectivity index (χ3v) is 11.4. The Morgan fingerprint density at radius 2 is 1.65 bits per heavy atom. The van der Waals surface area contributed by atoms with Crippen LogP contribution in [0, 0.1) is 17.8 Å². The van der Waals surface area contributed by atoms with Crippen LogP contribution >= 0.6 is 0 Å². The molecule has 0 aliphatic carbocycles. The monoisotopic (exact) mass is 492 g/mol. The highest BCUT2D eigenvalue weighted by Gasteiger charge is 2.41. The van der Waals surface area contributed by atoms with Crippen LogP contribution in [0.1, 0.15) is 60.5 Å². The molecule has 1 aromatic rings. The van der Waals surface area contributed by atoms with Crippen LogP contribution in [-0.4, -0.2) is 41.2 Å². The number of benzene rings is 1. The molecule has 0 fully saturated rings. The minimum absolute atomic E-state index is 0.0279.